The van der Waals surface area contributed by atoms with Gasteiger partial charge in [0.1, 0.15) is 0 Å². The molecule has 0 saturated carbocycles. The van der Waals surface area contributed by atoms with Gasteiger partial charge in [0.2, 0.25) is 0 Å². The van der Waals surface area contributed by atoms with Gasteiger partial charge in [0.05, 0.1) is 0 Å². The third-order valence-electron chi connectivity index (χ3n) is 3.89. The quantitative estimate of drug-likeness (QED) is 0.550. The number of amides is 1. The number of ether oxygens (including phenoxy) is 1. The van der Waals surface area contributed by atoms with E-state index in [2.05, 4.69) is 5.32 Å². The van der Waals surface area contributed by atoms with E-state index in [0.29, 0.717) is 5.69 Å². The van der Waals surface area contributed by atoms with Gasteiger partial charge in [-0.3, -0.25) is 4.79 Å². The molecule has 4 heteroatoms. The summed E-state index contributed by atoms with van der Waals surface area (Å²) in [6.07, 6.45) is 2.07. The Morgan fingerprint density at radius 3 is 2.38 bits per heavy atom. The van der Waals surface area contributed by atoms with Crippen LogP contribution in [-0.2, 0) is 14.3 Å². The highest BCUT2D eigenvalue weighted by Crippen LogP contribution is 2.19. The molecule has 4 nitrogen and oxygen atoms in total. The predicted octanol–water partition coefficient (Wildman–Crippen LogP) is 4.42. The average Bonchev–Trinajstić information content (AvgIpc) is 2.67. The molecule has 1 amide bonds. The Morgan fingerprint density at radius 2 is 1.62 bits per heavy atom. The standard InChI is InChI=1S/C22H19NO3/c1-16(26-21(24)14-11-17-7-3-2-4-8-17)22(25)23-20-13-12-18-9-5-6-10-19(18)15-20/h2-16H,1H3,(H,23,25)/b14-11+/t16-/m0/s1. The van der Waals surface area contributed by atoms with Crippen molar-refractivity contribution < 1.29 is 14.3 Å². The number of hydrogen-bond donors (Lipinski definition) is 1. The molecule has 0 aliphatic carbocycles. The minimum atomic E-state index is -0.894. The summed E-state index contributed by atoms with van der Waals surface area (Å²) >= 11 is 0. The molecule has 0 heterocycles. The summed E-state index contributed by atoms with van der Waals surface area (Å²) < 4.78 is 5.16. The fraction of sp³-hybridized carbons (Fsp3) is 0.0909. The molecule has 0 bridgehead atoms. The minimum Gasteiger partial charge on any atom is -0.449 e. The Hall–Kier alpha value is -3.40. The smallest absolute Gasteiger partial charge is 0.331 e. The highest BCUT2D eigenvalue weighted by molar-refractivity contribution is 5.98. The van der Waals surface area contributed by atoms with Crippen molar-refractivity contribution in [2.24, 2.45) is 0 Å². The lowest BCUT2D eigenvalue weighted by Gasteiger charge is -2.12. The van der Waals surface area contributed by atoms with Crippen LogP contribution < -0.4 is 5.32 Å². The van der Waals surface area contributed by atoms with Crippen LogP contribution in [0.25, 0.3) is 16.8 Å². The molecule has 0 spiro atoms. The van der Waals surface area contributed by atoms with Gasteiger partial charge in [0, 0.05) is 11.8 Å². The summed E-state index contributed by atoms with van der Waals surface area (Å²) in [7, 11) is 0. The van der Waals surface area contributed by atoms with Crippen LogP contribution in [0.5, 0.6) is 0 Å². The Balaban J connectivity index is 1.58. The van der Waals surface area contributed by atoms with E-state index in [1.54, 1.807) is 13.0 Å². The van der Waals surface area contributed by atoms with Crippen molar-refractivity contribution in [2.45, 2.75) is 13.0 Å². The van der Waals surface area contributed by atoms with Crippen molar-refractivity contribution in [3.63, 3.8) is 0 Å². The largest absolute Gasteiger partial charge is 0.449 e. The maximum absolute atomic E-state index is 12.2. The Labute approximate surface area is 152 Å². The first-order valence-electron chi connectivity index (χ1n) is 8.35. The van der Waals surface area contributed by atoms with Gasteiger partial charge >= 0.3 is 5.97 Å². The zero-order chi connectivity index (χ0) is 18.4. The highest BCUT2D eigenvalue weighted by Gasteiger charge is 2.16. The van der Waals surface area contributed by atoms with E-state index in [9.17, 15) is 9.59 Å². The first-order valence-corrected chi connectivity index (χ1v) is 8.35. The second kappa shape index (κ2) is 8.12. The molecule has 3 aromatic carbocycles. The number of carbonyl (C=O) groups is 2. The Bertz CT molecular complexity index is 948. The molecule has 3 aromatic rings. The van der Waals surface area contributed by atoms with Gasteiger partial charge in [-0.15, -0.1) is 0 Å². The van der Waals surface area contributed by atoms with E-state index < -0.39 is 12.1 Å². The number of carbonyl (C=O) groups excluding carboxylic acids is 2. The molecule has 0 radical (unpaired) electrons. The number of benzene rings is 3. The van der Waals surface area contributed by atoms with E-state index in [1.807, 2.05) is 72.8 Å². The van der Waals surface area contributed by atoms with Crippen molar-refractivity contribution >= 4 is 34.4 Å². The molecule has 0 fully saturated rings. The van der Waals surface area contributed by atoms with Crippen molar-refractivity contribution in [2.75, 3.05) is 5.32 Å². The summed E-state index contributed by atoms with van der Waals surface area (Å²) in [5, 5.41) is 4.89. The first kappa shape index (κ1) is 17.4. The zero-order valence-corrected chi connectivity index (χ0v) is 14.4. The fourth-order valence-electron chi connectivity index (χ4n) is 2.51. The first-order chi connectivity index (χ1) is 12.6. The normalized spacial score (nSPS) is 12.0. The van der Waals surface area contributed by atoms with E-state index in [0.717, 1.165) is 16.3 Å². The van der Waals surface area contributed by atoms with Gasteiger partial charge in [-0.05, 0) is 41.5 Å². The molecule has 130 valence electrons. The van der Waals surface area contributed by atoms with Crippen LogP contribution in [0.15, 0.2) is 78.9 Å². The Morgan fingerprint density at radius 1 is 0.923 bits per heavy atom. The molecule has 0 aliphatic heterocycles. The van der Waals surface area contributed by atoms with Gasteiger partial charge in [-0.25, -0.2) is 4.79 Å². The fourth-order valence-corrected chi connectivity index (χ4v) is 2.51. The van der Waals surface area contributed by atoms with Crippen molar-refractivity contribution in [3.8, 4) is 0 Å². The van der Waals surface area contributed by atoms with E-state index in [4.69, 9.17) is 4.74 Å². The molecule has 1 atom stereocenters. The number of nitrogens with one attached hydrogen (secondary N) is 1. The van der Waals surface area contributed by atoms with Crippen molar-refractivity contribution in [1.29, 1.82) is 0 Å². The molecular formula is C22H19NO3. The number of esters is 1. The second-order valence-corrected chi connectivity index (χ2v) is 5.87. The van der Waals surface area contributed by atoms with Crippen LogP contribution in [0.3, 0.4) is 0 Å². The number of rotatable bonds is 5. The van der Waals surface area contributed by atoms with Gasteiger partial charge in [0.15, 0.2) is 6.10 Å². The predicted molar refractivity (Wildman–Crippen MR) is 104 cm³/mol. The van der Waals surface area contributed by atoms with Crippen molar-refractivity contribution in [1.82, 2.24) is 0 Å². The number of anilines is 1. The SMILES string of the molecule is C[C@H](OC(=O)/C=C/c1ccccc1)C(=O)Nc1ccc2ccccc2c1. The number of hydrogen-bond acceptors (Lipinski definition) is 3. The Kier molecular flexibility index (Phi) is 5.44. The summed E-state index contributed by atoms with van der Waals surface area (Å²) in [4.78, 5) is 24.1. The van der Waals surface area contributed by atoms with Crippen LogP contribution in [0, 0.1) is 0 Å². The summed E-state index contributed by atoms with van der Waals surface area (Å²) in [5.74, 6) is -0.934. The lowest BCUT2D eigenvalue weighted by Crippen LogP contribution is -2.29. The monoisotopic (exact) mass is 345 g/mol. The van der Waals surface area contributed by atoms with Crippen molar-refractivity contribution in [3.05, 3.63) is 84.4 Å². The zero-order valence-electron chi connectivity index (χ0n) is 14.4. The van der Waals surface area contributed by atoms with Gasteiger partial charge in [-0.2, -0.15) is 0 Å². The molecule has 26 heavy (non-hydrogen) atoms. The minimum absolute atomic E-state index is 0.373. The van der Waals surface area contributed by atoms with Crippen LogP contribution >= 0.6 is 0 Å². The summed E-state index contributed by atoms with van der Waals surface area (Å²) in [6, 6.07) is 22.9. The lowest BCUT2D eigenvalue weighted by molar-refractivity contribution is -0.148. The van der Waals surface area contributed by atoms with Crippen LogP contribution in [0.2, 0.25) is 0 Å². The highest BCUT2D eigenvalue weighted by atomic mass is 16.5. The molecule has 0 aliphatic rings. The van der Waals surface area contributed by atoms with Gasteiger partial charge < -0.3 is 10.1 Å². The topological polar surface area (TPSA) is 55.4 Å². The second-order valence-electron chi connectivity index (χ2n) is 5.87. The van der Waals surface area contributed by atoms with Crippen LogP contribution in [0.1, 0.15) is 12.5 Å². The van der Waals surface area contributed by atoms with E-state index in [-0.39, 0.29) is 5.91 Å². The maximum Gasteiger partial charge on any atom is 0.331 e. The molecule has 0 aromatic heterocycles. The maximum atomic E-state index is 12.2. The van der Waals surface area contributed by atoms with Crippen LogP contribution in [0.4, 0.5) is 5.69 Å². The summed E-state index contributed by atoms with van der Waals surface area (Å²) in [6.45, 7) is 1.55. The van der Waals surface area contributed by atoms with E-state index in [1.165, 1.54) is 6.08 Å². The molecule has 1 N–H and O–H groups in total. The molecule has 3 rings (SSSR count). The molecule has 0 saturated heterocycles. The van der Waals surface area contributed by atoms with Gasteiger partial charge in [0.25, 0.3) is 5.91 Å². The number of fused-ring (bicyclic) bond motifs is 1. The van der Waals surface area contributed by atoms with E-state index >= 15 is 0 Å². The molecular weight excluding hydrogens is 326 g/mol. The third kappa shape index (κ3) is 4.57. The summed E-state index contributed by atoms with van der Waals surface area (Å²) in [5.41, 5.74) is 1.55. The third-order valence-corrected chi connectivity index (χ3v) is 3.89. The van der Waals surface area contributed by atoms with Gasteiger partial charge in [-0.1, -0.05) is 60.7 Å². The average molecular weight is 345 g/mol. The lowest BCUT2D eigenvalue weighted by atomic mass is 10.1. The van der Waals surface area contributed by atoms with Crippen LogP contribution in [-0.4, -0.2) is 18.0 Å². The molecule has 0 unspecified atom stereocenters.